The average Bonchev–Trinajstić information content (AvgIpc) is 2.00. The predicted octanol–water partition coefficient (Wildman–Crippen LogP) is -0.426. The van der Waals surface area contributed by atoms with Crippen molar-refractivity contribution in [1.82, 2.24) is 0 Å². The van der Waals surface area contributed by atoms with Gasteiger partial charge in [0.15, 0.2) is 0 Å². The molecule has 0 rings (SSSR count). The van der Waals surface area contributed by atoms with E-state index in [1.54, 1.807) is 0 Å². The number of aliphatic hydroxyl groups is 1. The molecule has 0 radical (unpaired) electrons. The summed E-state index contributed by atoms with van der Waals surface area (Å²) in [6.45, 7) is 3.80. The van der Waals surface area contributed by atoms with Crippen molar-refractivity contribution in [3.8, 4) is 0 Å². The summed E-state index contributed by atoms with van der Waals surface area (Å²) in [5.41, 5.74) is 5.21. The second kappa shape index (κ2) is 5.90. The molecule has 0 aliphatic carbocycles. The monoisotopic (exact) mass is 191 g/mol. The zero-order chi connectivity index (χ0) is 10.4. The maximum atomic E-state index is 10.3. The molecule has 0 heterocycles. The summed E-state index contributed by atoms with van der Waals surface area (Å²) in [5.74, 6) is -1.11. The van der Waals surface area contributed by atoms with Crippen molar-refractivity contribution in [1.29, 1.82) is 0 Å². The van der Waals surface area contributed by atoms with Crippen LogP contribution < -0.4 is 5.73 Å². The molecule has 2 atom stereocenters. The smallest absolute Gasteiger partial charge is 0.320 e. The van der Waals surface area contributed by atoms with E-state index in [9.17, 15) is 9.90 Å². The molecule has 0 aliphatic rings. The number of carboxylic acids is 1. The molecule has 0 aromatic carbocycles. The third-order valence-corrected chi connectivity index (χ3v) is 1.47. The maximum Gasteiger partial charge on any atom is 0.320 e. The molecule has 0 fully saturated rings. The Morgan fingerprint density at radius 2 is 2.08 bits per heavy atom. The van der Waals surface area contributed by atoms with E-state index in [1.165, 1.54) is 0 Å². The zero-order valence-corrected chi connectivity index (χ0v) is 7.93. The van der Waals surface area contributed by atoms with Crippen LogP contribution in [-0.4, -0.2) is 41.0 Å². The lowest BCUT2D eigenvalue weighted by Crippen LogP contribution is -2.35. The summed E-state index contributed by atoms with van der Waals surface area (Å²) in [7, 11) is 0. The van der Waals surface area contributed by atoms with Gasteiger partial charge < -0.3 is 20.7 Å². The van der Waals surface area contributed by atoms with Gasteiger partial charge in [0.25, 0.3) is 0 Å². The van der Waals surface area contributed by atoms with Crippen LogP contribution in [0.3, 0.4) is 0 Å². The average molecular weight is 191 g/mol. The van der Waals surface area contributed by atoms with Gasteiger partial charge in [-0.25, -0.2) is 0 Å². The Hall–Kier alpha value is -0.650. The van der Waals surface area contributed by atoms with Gasteiger partial charge in [0.05, 0.1) is 18.8 Å². The van der Waals surface area contributed by atoms with Gasteiger partial charge in [-0.3, -0.25) is 4.79 Å². The van der Waals surface area contributed by atoms with Crippen LogP contribution in [0.1, 0.15) is 20.3 Å². The van der Waals surface area contributed by atoms with Gasteiger partial charge in [-0.05, 0) is 13.8 Å². The first-order valence-electron chi connectivity index (χ1n) is 4.21. The van der Waals surface area contributed by atoms with E-state index in [1.807, 2.05) is 13.8 Å². The number of rotatable bonds is 6. The highest BCUT2D eigenvalue weighted by Gasteiger charge is 2.16. The van der Waals surface area contributed by atoms with Crippen LogP contribution >= 0.6 is 0 Å². The highest BCUT2D eigenvalue weighted by molar-refractivity contribution is 5.73. The number of nitrogens with two attached hydrogens (primary N) is 1. The summed E-state index contributed by atoms with van der Waals surface area (Å²) in [6, 6.07) is -1.02. The summed E-state index contributed by atoms with van der Waals surface area (Å²) in [4.78, 5) is 10.3. The van der Waals surface area contributed by atoms with Crippen molar-refractivity contribution >= 4 is 5.97 Å². The standard InChI is InChI=1S/C8H17NO4/c1-5(2)13-4-6(10)3-7(9)8(11)12/h5-7,10H,3-4,9H2,1-2H3,(H,11,12). The summed E-state index contributed by atoms with van der Waals surface area (Å²) >= 11 is 0. The van der Waals surface area contributed by atoms with Gasteiger partial charge in [-0.2, -0.15) is 0 Å². The number of aliphatic hydroxyl groups excluding tert-OH is 1. The van der Waals surface area contributed by atoms with Crippen LogP contribution in [0.2, 0.25) is 0 Å². The molecule has 0 amide bonds. The van der Waals surface area contributed by atoms with Gasteiger partial charge in [0.1, 0.15) is 6.04 Å². The summed E-state index contributed by atoms with van der Waals surface area (Å²) < 4.78 is 5.09. The molecule has 0 saturated heterocycles. The highest BCUT2D eigenvalue weighted by atomic mass is 16.5. The lowest BCUT2D eigenvalue weighted by molar-refractivity contribution is -0.139. The molecule has 0 aliphatic heterocycles. The third-order valence-electron chi connectivity index (χ3n) is 1.47. The molecule has 0 saturated carbocycles. The Balaban J connectivity index is 3.61. The van der Waals surface area contributed by atoms with Crippen molar-refractivity contribution in [2.24, 2.45) is 5.73 Å². The number of carboxylic acid groups (broad SMARTS) is 1. The first-order valence-corrected chi connectivity index (χ1v) is 4.21. The van der Waals surface area contributed by atoms with E-state index in [4.69, 9.17) is 15.6 Å². The van der Waals surface area contributed by atoms with Crippen LogP contribution in [0.25, 0.3) is 0 Å². The van der Waals surface area contributed by atoms with E-state index in [0.717, 1.165) is 0 Å². The number of hydrogen-bond acceptors (Lipinski definition) is 4. The van der Waals surface area contributed by atoms with Crippen LogP contribution in [0, 0.1) is 0 Å². The van der Waals surface area contributed by atoms with Crippen LogP contribution in [-0.2, 0) is 9.53 Å². The SMILES string of the molecule is CC(C)OCC(O)CC(N)C(=O)O. The number of ether oxygens (including phenoxy) is 1. The molecule has 5 heteroatoms. The van der Waals surface area contributed by atoms with Gasteiger partial charge in [0.2, 0.25) is 0 Å². The fraction of sp³-hybridized carbons (Fsp3) is 0.875. The molecule has 2 unspecified atom stereocenters. The second-order valence-corrected chi connectivity index (χ2v) is 3.22. The Morgan fingerprint density at radius 3 is 2.46 bits per heavy atom. The van der Waals surface area contributed by atoms with Crippen molar-refractivity contribution in [2.45, 2.75) is 38.5 Å². The Labute approximate surface area is 77.5 Å². The van der Waals surface area contributed by atoms with Crippen LogP contribution in [0.5, 0.6) is 0 Å². The van der Waals surface area contributed by atoms with Crippen molar-refractivity contribution in [2.75, 3.05) is 6.61 Å². The topological polar surface area (TPSA) is 92.8 Å². The van der Waals surface area contributed by atoms with Crippen LogP contribution in [0.4, 0.5) is 0 Å². The number of hydrogen-bond donors (Lipinski definition) is 3. The highest BCUT2D eigenvalue weighted by Crippen LogP contribution is 1.99. The molecule has 5 nitrogen and oxygen atoms in total. The van der Waals surface area contributed by atoms with Gasteiger partial charge in [0, 0.05) is 6.42 Å². The largest absolute Gasteiger partial charge is 0.480 e. The maximum absolute atomic E-state index is 10.3. The Bertz CT molecular complexity index is 160. The molecule has 0 bridgehead atoms. The first kappa shape index (κ1) is 12.3. The predicted molar refractivity (Wildman–Crippen MR) is 47.3 cm³/mol. The van der Waals surface area contributed by atoms with E-state index >= 15 is 0 Å². The molecular weight excluding hydrogens is 174 g/mol. The number of aliphatic carboxylic acids is 1. The lowest BCUT2D eigenvalue weighted by Gasteiger charge is -2.15. The second-order valence-electron chi connectivity index (χ2n) is 3.22. The van der Waals surface area contributed by atoms with Crippen molar-refractivity contribution in [3.05, 3.63) is 0 Å². The molecule has 4 N–H and O–H groups in total. The summed E-state index contributed by atoms with van der Waals surface area (Å²) in [5, 5.41) is 17.7. The fourth-order valence-electron chi connectivity index (χ4n) is 0.766. The van der Waals surface area contributed by atoms with E-state index in [2.05, 4.69) is 0 Å². The lowest BCUT2D eigenvalue weighted by atomic mass is 10.1. The molecule has 0 aromatic heterocycles. The summed E-state index contributed by atoms with van der Waals surface area (Å²) in [6.07, 6.45) is -0.772. The minimum Gasteiger partial charge on any atom is -0.480 e. The fourth-order valence-corrected chi connectivity index (χ4v) is 0.766. The molecule has 0 spiro atoms. The van der Waals surface area contributed by atoms with Gasteiger partial charge >= 0.3 is 5.97 Å². The first-order chi connectivity index (χ1) is 5.93. The van der Waals surface area contributed by atoms with Crippen LogP contribution in [0.15, 0.2) is 0 Å². The van der Waals surface area contributed by atoms with Gasteiger partial charge in [-0.15, -0.1) is 0 Å². The quantitative estimate of drug-likeness (QED) is 0.530. The van der Waals surface area contributed by atoms with E-state index in [-0.39, 0.29) is 19.1 Å². The van der Waals surface area contributed by atoms with Crippen molar-refractivity contribution < 1.29 is 19.7 Å². The van der Waals surface area contributed by atoms with E-state index < -0.39 is 18.1 Å². The third kappa shape index (κ3) is 6.51. The van der Waals surface area contributed by atoms with E-state index in [0.29, 0.717) is 0 Å². The zero-order valence-electron chi connectivity index (χ0n) is 7.93. The Kier molecular flexibility index (Phi) is 5.61. The van der Waals surface area contributed by atoms with Crippen molar-refractivity contribution in [3.63, 3.8) is 0 Å². The Morgan fingerprint density at radius 1 is 1.54 bits per heavy atom. The molecule has 13 heavy (non-hydrogen) atoms. The normalized spacial score (nSPS) is 15.8. The minimum atomic E-state index is -1.11. The molecular formula is C8H17NO4. The molecule has 0 aromatic rings. The minimum absolute atomic E-state index is 0.0159. The molecule has 78 valence electrons. The number of carbonyl (C=O) groups is 1. The van der Waals surface area contributed by atoms with Gasteiger partial charge in [-0.1, -0.05) is 0 Å².